The Morgan fingerprint density at radius 1 is 1.07 bits per heavy atom. The van der Waals surface area contributed by atoms with E-state index in [-0.39, 0.29) is 16.1 Å². The number of aliphatic carboxylic acids is 1. The molecule has 1 aliphatic rings. The van der Waals surface area contributed by atoms with Crippen LogP contribution in [0.5, 0.6) is 0 Å². The van der Waals surface area contributed by atoms with Crippen LogP contribution in [-0.4, -0.2) is 54.8 Å². The molecule has 0 bridgehead atoms. The van der Waals surface area contributed by atoms with Crippen LogP contribution in [0, 0.1) is 13.8 Å². The summed E-state index contributed by atoms with van der Waals surface area (Å²) in [5.74, 6) is -3.64. The third kappa shape index (κ3) is 7.76. The maximum absolute atomic E-state index is 12.9. The van der Waals surface area contributed by atoms with Crippen molar-refractivity contribution in [1.29, 1.82) is 0 Å². The number of carboxylic acids is 2. The molecule has 0 spiro atoms. The van der Waals surface area contributed by atoms with Crippen molar-refractivity contribution in [3.8, 4) is 0 Å². The molecule has 0 saturated heterocycles. The van der Waals surface area contributed by atoms with Crippen molar-refractivity contribution >= 4 is 50.6 Å². The summed E-state index contributed by atoms with van der Waals surface area (Å²) in [6.45, 7) is 4.78. The van der Waals surface area contributed by atoms with E-state index < -0.39 is 28.1 Å². The van der Waals surface area contributed by atoms with Crippen molar-refractivity contribution in [2.45, 2.75) is 31.3 Å². The quantitative estimate of drug-likeness (QED) is 0.319. The first-order valence-corrected chi connectivity index (χ1v) is 13.8. The molecular weight excluding hydrogens is 587 g/mol. The van der Waals surface area contributed by atoms with Crippen molar-refractivity contribution in [3.63, 3.8) is 0 Å². The maximum Gasteiger partial charge on any atom is 0.490 e. The zero-order valence-electron chi connectivity index (χ0n) is 21.7. The average molecular weight is 612 g/mol. The molecule has 218 valence electrons. The van der Waals surface area contributed by atoms with E-state index in [9.17, 15) is 31.5 Å². The zero-order valence-corrected chi connectivity index (χ0v) is 23.3. The van der Waals surface area contributed by atoms with Crippen LogP contribution in [0.1, 0.15) is 33.5 Å². The van der Waals surface area contributed by atoms with E-state index in [1.807, 2.05) is 17.0 Å². The lowest BCUT2D eigenvalue weighted by Crippen LogP contribution is -2.31. The Labute approximate surface area is 239 Å². The minimum atomic E-state index is -5.08. The van der Waals surface area contributed by atoms with Gasteiger partial charge in [0.05, 0.1) is 16.8 Å². The van der Waals surface area contributed by atoms with E-state index in [0.29, 0.717) is 29.5 Å². The van der Waals surface area contributed by atoms with E-state index in [1.165, 1.54) is 35.0 Å². The van der Waals surface area contributed by atoms with Crippen LogP contribution in [0.3, 0.4) is 0 Å². The predicted octanol–water partition coefficient (Wildman–Crippen LogP) is 5.78. The van der Waals surface area contributed by atoms with E-state index in [2.05, 4.69) is 34.8 Å². The van der Waals surface area contributed by atoms with Gasteiger partial charge in [0.2, 0.25) is 0 Å². The highest BCUT2D eigenvalue weighted by Crippen LogP contribution is 2.30. The van der Waals surface area contributed by atoms with E-state index in [0.717, 1.165) is 6.42 Å². The minimum Gasteiger partial charge on any atom is -0.478 e. The van der Waals surface area contributed by atoms with E-state index in [4.69, 9.17) is 21.5 Å². The summed E-state index contributed by atoms with van der Waals surface area (Å²) in [5, 5.41) is 17.3. The fraction of sp³-hybridized carbons (Fsp3) is 0.222. The zero-order chi connectivity index (χ0) is 30.5. The van der Waals surface area contributed by atoms with Crippen molar-refractivity contribution in [3.05, 3.63) is 88.1 Å². The van der Waals surface area contributed by atoms with Crippen LogP contribution in [0.15, 0.2) is 65.7 Å². The summed E-state index contributed by atoms with van der Waals surface area (Å²) in [5.41, 5.74) is 3.99. The molecule has 2 heterocycles. The van der Waals surface area contributed by atoms with Crippen LogP contribution in [-0.2, 0) is 14.8 Å². The molecule has 9 nitrogen and oxygen atoms in total. The van der Waals surface area contributed by atoms with Gasteiger partial charge in [-0.25, -0.2) is 23.0 Å². The number of aromatic nitrogens is 1. The van der Waals surface area contributed by atoms with E-state index >= 15 is 0 Å². The lowest BCUT2D eigenvalue weighted by atomic mass is 9.95. The van der Waals surface area contributed by atoms with Crippen LogP contribution < -0.4 is 9.62 Å². The SMILES string of the molecule is Cc1ccccc1C1=CCN(c2ncc(NS(=O)(=O)c3cccc(Cl)c3C)cc2C(=O)O)CC1.O=C(O)C(F)(F)F. The molecule has 0 atom stereocenters. The Bertz CT molecular complexity index is 1610. The van der Waals surface area contributed by atoms with Crippen LogP contribution in [0.2, 0.25) is 5.02 Å². The van der Waals surface area contributed by atoms with Gasteiger partial charge in [-0.1, -0.05) is 48.0 Å². The molecule has 4 rings (SSSR count). The number of nitrogens with one attached hydrogen (secondary N) is 1. The highest BCUT2D eigenvalue weighted by Gasteiger charge is 2.38. The standard InChI is InChI=1S/C25H24ClN3O4S.C2HF3O2/c1-16-6-3-4-7-20(16)18-10-12-29(13-11-18)24-21(25(30)31)14-19(15-27-24)28-34(32,33)23-9-5-8-22(26)17(23)2;3-2(4,5)1(6)7/h3-10,14-15,28H,11-13H2,1-2H3,(H,30,31);(H,6,7). The summed E-state index contributed by atoms with van der Waals surface area (Å²) in [6, 6.07) is 14.0. The molecule has 1 aromatic heterocycles. The first-order valence-electron chi connectivity index (χ1n) is 11.9. The Morgan fingerprint density at radius 3 is 2.29 bits per heavy atom. The normalized spacial score (nSPS) is 13.5. The summed E-state index contributed by atoms with van der Waals surface area (Å²) in [6.07, 6.45) is -0.925. The van der Waals surface area contributed by atoms with Gasteiger partial charge in [0.1, 0.15) is 11.4 Å². The summed E-state index contributed by atoms with van der Waals surface area (Å²) in [7, 11) is -3.98. The molecule has 3 N–H and O–H groups in total. The predicted molar refractivity (Wildman–Crippen MR) is 148 cm³/mol. The first kappa shape index (κ1) is 31.4. The Kier molecular flexibility index (Phi) is 9.66. The molecule has 0 aliphatic carbocycles. The molecule has 0 saturated carbocycles. The molecular formula is C27H25ClF3N3O6S. The second-order valence-electron chi connectivity index (χ2n) is 8.91. The fourth-order valence-electron chi connectivity index (χ4n) is 4.05. The number of aryl methyl sites for hydroxylation is 1. The highest BCUT2D eigenvalue weighted by atomic mass is 35.5. The van der Waals surface area contributed by atoms with Gasteiger partial charge in [-0.2, -0.15) is 13.2 Å². The number of nitrogens with zero attached hydrogens (tertiary/aromatic N) is 2. The molecule has 0 amide bonds. The number of carboxylic acid groups (broad SMARTS) is 2. The van der Waals surface area contributed by atoms with E-state index in [1.54, 1.807) is 19.1 Å². The minimum absolute atomic E-state index is 0.0193. The third-order valence-electron chi connectivity index (χ3n) is 6.10. The number of rotatable bonds is 6. The largest absolute Gasteiger partial charge is 0.490 e. The van der Waals surface area contributed by atoms with Gasteiger partial charge in [-0.3, -0.25) is 4.72 Å². The van der Waals surface area contributed by atoms with Gasteiger partial charge in [-0.15, -0.1) is 0 Å². The fourth-order valence-corrected chi connectivity index (χ4v) is 5.58. The second kappa shape index (κ2) is 12.6. The smallest absolute Gasteiger partial charge is 0.478 e. The van der Waals surface area contributed by atoms with Crippen LogP contribution in [0.25, 0.3) is 5.57 Å². The summed E-state index contributed by atoms with van der Waals surface area (Å²) < 4.78 is 59.9. The van der Waals surface area contributed by atoms with Gasteiger partial charge in [0, 0.05) is 18.1 Å². The number of halogens is 4. The van der Waals surface area contributed by atoms with Crippen LogP contribution >= 0.6 is 11.6 Å². The molecule has 0 fully saturated rings. The number of benzene rings is 2. The van der Waals surface area contributed by atoms with Gasteiger partial charge >= 0.3 is 18.1 Å². The molecule has 0 unspecified atom stereocenters. The number of hydrogen-bond donors (Lipinski definition) is 3. The second-order valence-corrected chi connectivity index (χ2v) is 11.0. The number of sulfonamides is 1. The molecule has 14 heteroatoms. The molecule has 1 aliphatic heterocycles. The lowest BCUT2D eigenvalue weighted by molar-refractivity contribution is -0.192. The van der Waals surface area contributed by atoms with Crippen LogP contribution in [0.4, 0.5) is 24.7 Å². The monoisotopic (exact) mass is 611 g/mol. The number of alkyl halides is 3. The number of pyridine rings is 1. The van der Waals surface area contributed by atoms with Crippen molar-refractivity contribution in [2.24, 2.45) is 0 Å². The van der Waals surface area contributed by atoms with Gasteiger partial charge in [0.15, 0.2) is 0 Å². The molecule has 3 aromatic rings. The Hall–Kier alpha value is -4.10. The number of carbonyl (C=O) groups is 2. The molecule has 0 radical (unpaired) electrons. The van der Waals surface area contributed by atoms with Gasteiger partial charge in [0.25, 0.3) is 10.0 Å². The third-order valence-corrected chi connectivity index (χ3v) is 8.03. The summed E-state index contributed by atoms with van der Waals surface area (Å²) in [4.78, 5) is 27.1. The molecule has 2 aromatic carbocycles. The number of anilines is 2. The first-order chi connectivity index (χ1) is 19.1. The Balaban J connectivity index is 0.000000587. The average Bonchev–Trinajstić information content (AvgIpc) is 2.90. The highest BCUT2D eigenvalue weighted by molar-refractivity contribution is 7.92. The van der Waals surface area contributed by atoms with Crippen molar-refractivity contribution in [2.75, 3.05) is 22.7 Å². The molecule has 41 heavy (non-hydrogen) atoms. The van der Waals surface area contributed by atoms with Gasteiger partial charge in [-0.05, 0) is 60.7 Å². The number of hydrogen-bond acceptors (Lipinski definition) is 6. The number of aromatic carboxylic acids is 1. The van der Waals surface area contributed by atoms with Crippen molar-refractivity contribution < 1.29 is 41.4 Å². The topological polar surface area (TPSA) is 137 Å². The van der Waals surface area contributed by atoms with Gasteiger partial charge < -0.3 is 15.1 Å². The Morgan fingerprint density at radius 2 is 1.73 bits per heavy atom. The maximum atomic E-state index is 12.9. The summed E-state index contributed by atoms with van der Waals surface area (Å²) >= 11 is 6.06. The lowest BCUT2D eigenvalue weighted by Gasteiger charge is -2.29. The van der Waals surface area contributed by atoms with Crippen molar-refractivity contribution in [1.82, 2.24) is 4.98 Å².